The molecule has 3 rings (SSSR count). The largest absolute Gasteiger partial charge is 0.372 e. The molecule has 0 amide bonds. The SMILES string of the molecule is CN(CC1Cc2ccccc2CO1)S(=O)(=O)c1ccccc1F. The van der Waals surface area contributed by atoms with E-state index in [2.05, 4.69) is 0 Å². The van der Waals surface area contributed by atoms with Crippen molar-refractivity contribution >= 4 is 10.0 Å². The minimum absolute atomic E-state index is 0.186. The number of hydrogen-bond donors (Lipinski definition) is 0. The van der Waals surface area contributed by atoms with Crippen LogP contribution in [0.1, 0.15) is 11.1 Å². The van der Waals surface area contributed by atoms with Gasteiger partial charge < -0.3 is 4.74 Å². The van der Waals surface area contributed by atoms with Crippen molar-refractivity contribution < 1.29 is 17.5 Å². The predicted molar refractivity (Wildman–Crippen MR) is 84.9 cm³/mol. The Labute approximate surface area is 135 Å². The Balaban J connectivity index is 1.75. The molecule has 2 aromatic rings. The molecule has 0 aromatic heterocycles. The lowest BCUT2D eigenvalue weighted by Crippen LogP contribution is -2.38. The molecule has 0 N–H and O–H groups in total. The van der Waals surface area contributed by atoms with Crippen molar-refractivity contribution in [3.63, 3.8) is 0 Å². The van der Waals surface area contributed by atoms with Crippen LogP contribution in [0.15, 0.2) is 53.4 Å². The molecule has 4 nitrogen and oxygen atoms in total. The number of halogens is 1. The molecule has 1 heterocycles. The van der Waals surface area contributed by atoms with Crippen LogP contribution in [0.4, 0.5) is 4.39 Å². The zero-order chi connectivity index (χ0) is 16.4. The fourth-order valence-corrected chi connectivity index (χ4v) is 4.00. The van der Waals surface area contributed by atoms with E-state index < -0.39 is 15.8 Å². The van der Waals surface area contributed by atoms with E-state index in [1.807, 2.05) is 24.3 Å². The third kappa shape index (κ3) is 3.29. The van der Waals surface area contributed by atoms with Crippen molar-refractivity contribution in [1.82, 2.24) is 4.31 Å². The van der Waals surface area contributed by atoms with Gasteiger partial charge in [0.2, 0.25) is 10.0 Å². The van der Waals surface area contributed by atoms with Gasteiger partial charge in [0.15, 0.2) is 0 Å². The number of benzene rings is 2. The van der Waals surface area contributed by atoms with Crippen molar-refractivity contribution in [2.45, 2.75) is 24.0 Å². The third-order valence-corrected chi connectivity index (χ3v) is 5.88. The minimum atomic E-state index is -3.87. The zero-order valence-electron chi connectivity index (χ0n) is 12.8. The van der Waals surface area contributed by atoms with E-state index in [0.717, 1.165) is 15.9 Å². The van der Waals surface area contributed by atoms with Crippen LogP contribution in [0, 0.1) is 5.82 Å². The van der Waals surface area contributed by atoms with Crippen LogP contribution < -0.4 is 0 Å². The van der Waals surface area contributed by atoms with Gasteiger partial charge in [0, 0.05) is 20.0 Å². The molecule has 1 aliphatic rings. The van der Waals surface area contributed by atoms with E-state index in [4.69, 9.17) is 4.74 Å². The van der Waals surface area contributed by atoms with Crippen molar-refractivity contribution in [2.24, 2.45) is 0 Å². The summed E-state index contributed by atoms with van der Waals surface area (Å²) in [5.74, 6) is -0.741. The topological polar surface area (TPSA) is 46.6 Å². The number of nitrogens with zero attached hydrogens (tertiary/aromatic N) is 1. The van der Waals surface area contributed by atoms with Crippen molar-refractivity contribution in [2.75, 3.05) is 13.6 Å². The standard InChI is InChI=1S/C17H18FNO3S/c1-19(23(20,21)17-9-5-4-8-16(17)18)11-15-10-13-6-2-3-7-14(13)12-22-15/h2-9,15H,10-12H2,1H3. The highest BCUT2D eigenvalue weighted by molar-refractivity contribution is 7.89. The number of sulfonamides is 1. The first-order valence-corrected chi connectivity index (χ1v) is 8.82. The Morgan fingerprint density at radius 3 is 2.52 bits per heavy atom. The molecule has 122 valence electrons. The predicted octanol–water partition coefficient (Wildman–Crippen LogP) is 2.59. The first-order valence-electron chi connectivity index (χ1n) is 7.38. The highest BCUT2D eigenvalue weighted by atomic mass is 32.2. The van der Waals surface area contributed by atoms with Gasteiger partial charge in [0.05, 0.1) is 12.7 Å². The molecule has 0 spiro atoms. The summed E-state index contributed by atoms with van der Waals surface area (Å²) >= 11 is 0. The number of likely N-dealkylation sites (N-methyl/N-ethyl adjacent to an activating group) is 1. The van der Waals surface area contributed by atoms with E-state index in [-0.39, 0.29) is 17.5 Å². The van der Waals surface area contributed by atoms with Gasteiger partial charge in [0.25, 0.3) is 0 Å². The molecule has 0 saturated carbocycles. The van der Waals surface area contributed by atoms with Crippen LogP contribution in [-0.2, 0) is 27.8 Å². The molecule has 0 fully saturated rings. The van der Waals surface area contributed by atoms with Gasteiger partial charge in [-0.3, -0.25) is 0 Å². The van der Waals surface area contributed by atoms with Gasteiger partial charge in [-0.1, -0.05) is 36.4 Å². The molecule has 1 atom stereocenters. The van der Waals surface area contributed by atoms with Crippen LogP contribution in [0.25, 0.3) is 0 Å². The fraction of sp³-hybridized carbons (Fsp3) is 0.294. The fourth-order valence-electron chi connectivity index (χ4n) is 2.73. The Kier molecular flexibility index (Phi) is 4.48. The maximum atomic E-state index is 13.8. The molecule has 6 heteroatoms. The molecular formula is C17H18FNO3S. The lowest BCUT2D eigenvalue weighted by molar-refractivity contribution is 0.0202. The molecule has 0 bridgehead atoms. The second-order valence-corrected chi connectivity index (χ2v) is 7.64. The molecule has 0 radical (unpaired) electrons. The van der Waals surface area contributed by atoms with Gasteiger partial charge >= 0.3 is 0 Å². The average Bonchev–Trinajstić information content (AvgIpc) is 2.55. The zero-order valence-corrected chi connectivity index (χ0v) is 13.6. The monoisotopic (exact) mass is 335 g/mol. The van der Waals surface area contributed by atoms with Crippen LogP contribution in [0.3, 0.4) is 0 Å². The lowest BCUT2D eigenvalue weighted by Gasteiger charge is -2.28. The Morgan fingerprint density at radius 1 is 1.13 bits per heavy atom. The first-order chi connectivity index (χ1) is 11.0. The second kappa shape index (κ2) is 6.39. The Morgan fingerprint density at radius 2 is 1.78 bits per heavy atom. The number of ether oxygens (including phenoxy) is 1. The smallest absolute Gasteiger partial charge is 0.245 e. The van der Waals surface area contributed by atoms with E-state index in [1.165, 1.54) is 30.8 Å². The minimum Gasteiger partial charge on any atom is -0.372 e. The van der Waals surface area contributed by atoms with Crippen LogP contribution in [-0.4, -0.2) is 32.4 Å². The molecule has 23 heavy (non-hydrogen) atoms. The quantitative estimate of drug-likeness (QED) is 0.863. The van der Waals surface area contributed by atoms with Crippen LogP contribution in [0.5, 0.6) is 0 Å². The number of rotatable bonds is 4. The molecular weight excluding hydrogens is 317 g/mol. The number of hydrogen-bond acceptors (Lipinski definition) is 3. The van der Waals surface area contributed by atoms with Gasteiger partial charge in [-0.05, 0) is 23.3 Å². The molecule has 1 aliphatic heterocycles. The molecule has 2 aromatic carbocycles. The summed E-state index contributed by atoms with van der Waals surface area (Å²) in [6.07, 6.45) is 0.407. The maximum Gasteiger partial charge on any atom is 0.245 e. The summed E-state index contributed by atoms with van der Waals surface area (Å²) in [4.78, 5) is -0.307. The van der Waals surface area contributed by atoms with E-state index >= 15 is 0 Å². The van der Waals surface area contributed by atoms with Crippen molar-refractivity contribution in [3.8, 4) is 0 Å². The summed E-state index contributed by atoms with van der Waals surface area (Å²) in [5, 5.41) is 0. The summed E-state index contributed by atoms with van der Waals surface area (Å²) in [5.41, 5.74) is 2.30. The van der Waals surface area contributed by atoms with Gasteiger partial charge in [-0.2, -0.15) is 4.31 Å². The highest BCUT2D eigenvalue weighted by Crippen LogP contribution is 2.23. The van der Waals surface area contributed by atoms with Crippen LogP contribution >= 0.6 is 0 Å². The van der Waals surface area contributed by atoms with Crippen molar-refractivity contribution in [3.05, 3.63) is 65.5 Å². The highest BCUT2D eigenvalue weighted by Gasteiger charge is 2.28. The van der Waals surface area contributed by atoms with Crippen LogP contribution in [0.2, 0.25) is 0 Å². The Bertz CT molecular complexity index is 807. The van der Waals surface area contributed by atoms with Gasteiger partial charge in [-0.15, -0.1) is 0 Å². The first kappa shape index (κ1) is 16.1. The average molecular weight is 335 g/mol. The summed E-state index contributed by atoms with van der Waals surface area (Å²) in [6, 6.07) is 13.3. The summed E-state index contributed by atoms with van der Waals surface area (Å²) in [7, 11) is -2.42. The van der Waals surface area contributed by atoms with Gasteiger partial charge in [0.1, 0.15) is 10.7 Å². The maximum absolute atomic E-state index is 13.8. The Hall–Kier alpha value is -1.76. The van der Waals surface area contributed by atoms with Gasteiger partial charge in [-0.25, -0.2) is 12.8 Å². The second-order valence-electron chi connectivity index (χ2n) is 5.62. The van der Waals surface area contributed by atoms with Crippen molar-refractivity contribution in [1.29, 1.82) is 0 Å². The summed E-state index contributed by atoms with van der Waals surface area (Å²) < 4.78 is 45.7. The van der Waals surface area contributed by atoms with E-state index in [1.54, 1.807) is 0 Å². The molecule has 0 saturated heterocycles. The molecule has 1 unspecified atom stereocenters. The van der Waals surface area contributed by atoms with E-state index in [9.17, 15) is 12.8 Å². The van der Waals surface area contributed by atoms with E-state index in [0.29, 0.717) is 13.0 Å². The normalized spacial score (nSPS) is 18.0. The molecule has 0 aliphatic carbocycles. The number of fused-ring (bicyclic) bond motifs is 1. The third-order valence-electron chi connectivity index (χ3n) is 4.03. The lowest BCUT2D eigenvalue weighted by atomic mass is 9.99. The summed E-state index contributed by atoms with van der Waals surface area (Å²) in [6.45, 7) is 0.652.